The molecule has 0 radical (unpaired) electrons. The Kier molecular flexibility index (Phi) is 2.91. The van der Waals surface area contributed by atoms with E-state index in [0.717, 1.165) is 18.8 Å². The van der Waals surface area contributed by atoms with Gasteiger partial charge in [0.2, 0.25) is 0 Å². The van der Waals surface area contributed by atoms with Gasteiger partial charge in [-0.3, -0.25) is 10.1 Å². The van der Waals surface area contributed by atoms with Crippen LogP contribution >= 0.6 is 0 Å². The SMILES string of the molecule is Nc1cc([N+](=O)[O-])ccc1N1CCOCC1. The predicted molar refractivity (Wildman–Crippen MR) is 60.5 cm³/mol. The number of anilines is 2. The van der Waals surface area contributed by atoms with Crippen molar-refractivity contribution in [1.82, 2.24) is 0 Å². The van der Waals surface area contributed by atoms with Crippen LogP contribution in [0, 0.1) is 10.1 Å². The Hall–Kier alpha value is -1.82. The molecule has 1 saturated heterocycles. The van der Waals surface area contributed by atoms with Gasteiger partial charge in [0.1, 0.15) is 0 Å². The largest absolute Gasteiger partial charge is 0.397 e. The van der Waals surface area contributed by atoms with Crippen molar-refractivity contribution in [3.05, 3.63) is 28.3 Å². The van der Waals surface area contributed by atoms with Crippen LogP contribution in [0.15, 0.2) is 18.2 Å². The number of morpholine rings is 1. The highest BCUT2D eigenvalue weighted by Crippen LogP contribution is 2.27. The molecule has 2 N–H and O–H groups in total. The second-order valence-corrected chi connectivity index (χ2v) is 3.60. The summed E-state index contributed by atoms with van der Waals surface area (Å²) < 4.78 is 5.23. The van der Waals surface area contributed by atoms with Crippen molar-refractivity contribution in [2.75, 3.05) is 36.9 Å². The predicted octanol–water partition coefficient (Wildman–Crippen LogP) is 1.01. The molecule has 0 atom stereocenters. The number of ether oxygens (including phenoxy) is 1. The Labute approximate surface area is 92.8 Å². The summed E-state index contributed by atoms with van der Waals surface area (Å²) >= 11 is 0. The van der Waals surface area contributed by atoms with Crippen molar-refractivity contribution in [3.63, 3.8) is 0 Å². The van der Waals surface area contributed by atoms with Crippen molar-refractivity contribution in [2.45, 2.75) is 0 Å². The lowest BCUT2D eigenvalue weighted by atomic mass is 10.2. The molecule has 0 unspecified atom stereocenters. The molecular formula is C10H13N3O3. The quantitative estimate of drug-likeness (QED) is 0.459. The molecule has 0 saturated carbocycles. The van der Waals surface area contributed by atoms with E-state index in [0.29, 0.717) is 18.9 Å². The van der Waals surface area contributed by atoms with Gasteiger partial charge in [-0.1, -0.05) is 0 Å². The van der Waals surface area contributed by atoms with Gasteiger partial charge >= 0.3 is 0 Å². The van der Waals surface area contributed by atoms with Crippen LogP contribution in [0.1, 0.15) is 0 Å². The molecule has 0 bridgehead atoms. The molecule has 16 heavy (non-hydrogen) atoms. The average molecular weight is 223 g/mol. The Morgan fingerprint density at radius 3 is 2.62 bits per heavy atom. The molecule has 1 aromatic carbocycles. The van der Waals surface area contributed by atoms with Gasteiger partial charge in [-0.2, -0.15) is 0 Å². The first-order chi connectivity index (χ1) is 7.68. The van der Waals surface area contributed by atoms with Gasteiger partial charge in [0, 0.05) is 25.2 Å². The van der Waals surface area contributed by atoms with E-state index in [1.165, 1.54) is 12.1 Å². The number of nitro groups is 1. The third-order valence-electron chi connectivity index (χ3n) is 2.57. The number of nitrogen functional groups attached to an aromatic ring is 1. The maximum Gasteiger partial charge on any atom is 0.271 e. The van der Waals surface area contributed by atoms with Gasteiger partial charge < -0.3 is 15.4 Å². The minimum absolute atomic E-state index is 0.0227. The van der Waals surface area contributed by atoms with Crippen molar-refractivity contribution in [3.8, 4) is 0 Å². The fourth-order valence-electron chi connectivity index (χ4n) is 1.75. The standard InChI is InChI=1S/C10H13N3O3/c11-9-7-8(13(14)15)1-2-10(9)12-3-5-16-6-4-12/h1-2,7H,3-6,11H2. The normalized spacial score (nSPS) is 16.1. The molecule has 1 aromatic rings. The van der Waals surface area contributed by atoms with Crippen LogP contribution in [-0.2, 0) is 4.74 Å². The minimum Gasteiger partial charge on any atom is -0.397 e. The van der Waals surface area contributed by atoms with Crippen LogP contribution in [0.4, 0.5) is 17.1 Å². The summed E-state index contributed by atoms with van der Waals surface area (Å²) in [6.07, 6.45) is 0. The lowest BCUT2D eigenvalue weighted by Crippen LogP contribution is -2.36. The van der Waals surface area contributed by atoms with Gasteiger partial charge in [-0.25, -0.2) is 0 Å². The topological polar surface area (TPSA) is 81.6 Å². The summed E-state index contributed by atoms with van der Waals surface area (Å²) in [4.78, 5) is 12.2. The number of rotatable bonds is 2. The lowest BCUT2D eigenvalue weighted by molar-refractivity contribution is -0.384. The van der Waals surface area contributed by atoms with E-state index < -0.39 is 4.92 Å². The highest BCUT2D eigenvalue weighted by atomic mass is 16.6. The van der Waals surface area contributed by atoms with Crippen molar-refractivity contribution < 1.29 is 9.66 Å². The van der Waals surface area contributed by atoms with Crippen LogP contribution in [0.25, 0.3) is 0 Å². The smallest absolute Gasteiger partial charge is 0.271 e. The van der Waals surface area contributed by atoms with Gasteiger partial charge in [0.05, 0.1) is 29.5 Å². The molecule has 6 nitrogen and oxygen atoms in total. The molecular weight excluding hydrogens is 210 g/mol. The van der Waals surface area contributed by atoms with E-state index >= 15 is 0 Å². The van der Waals surface area contributed by atoms with E-state index in [4.69, 9.17) is 10.5 Å². The molecule has 86 valence electrons. The van der Waals surface area contributed by atoms with E-state index in [1.54, 1.807) is 6.07 Å². The maximum atomic E-state index is 10.6. The van der Waals surface area contributed by atoms with Gasteiger partial charge in [0.25, 0.3) is 5.69 Å². The Bertz CT molecular complexity index is 402. The van der Waals surface area contributed by atoms with Gasteiger partial charge in [-0.05, 0) is 6.07 Å². The van der Waals surface area contributed by atoms with E-state index in [2.05, 4.69) is 4.90 Å². The summed E-state index contributed by atoms with van der Waals surface area (Å²) in [7, 11) is 0. The molecule has 1 aliphatic rings. The summed E-state index contributed by atoms with van der Waals surface area (Å²) in [5, 5.41) is 10.6. The van der Waals surface area contributed by atoms with Gasteiger partial charge in [0.15, 0.2) is 0 Å². The van der Waals surface area contributed by atoms with Crippen LogP contribution in [0.5, 0.6) is 0 Å². The molecule has 0 aliphatic carbocycles. The maximum absolute atomic E-state index is 10.6. The molecule has 6 heteroatoms. The van der Waals surface area contributed by atoms with Crippen LogP contribution in [0.3, 0.4) is 0 Å². The number of nitro benzene ring substituents is 1. The first kappa shape index (κ1) is 10.7. The van der Waals surface area contributed by atoms with Crippen molar-refractivity contribution in [2.24, 2.45) is 0 Å². The van der Waals surface area contributed by atoms with E-state index in [1.807, 2.05) is 0 Å². The molecule has 2 rings (SSSR count). The molecule has 1 fully saturated rings. The van der Waals surface area contributed by atoms with Crippen molar-refractivity contribution in [1.29, 1.82) is 0 Å². The zero-order valence-electron chi connectivity index (χ0n) is 8.76. The third-order valence-corrected chi connectivity index (χ3v) is 2.57. The molecule has 1 heterocycles. The highest BCUT2D eigenvalue weighted by Gasteiger charge is 2.16. The van der Waals surface area contributed by atoms with Crippen LogP contribution in [-0.4, -0.2) is 31.2 Å². The monoisotopic (exact) mass is 223 g/mol. The fraction of sp³-hybridized carbons (Fsp3) is 0.400. The number of benzene rings is 1. The first-order valence-corrected chi connectivity index (χ1v) is 5.05. The van der Waals surface area contributed by atoms with Crippen LogP contribution < -0.4 is 10.6 Å². The Morgan fingerprint density at radius 1 is 1.38 bits per heavy atom. The van der Waals surface area contributed by atoms with E-state index in [9.17, 15) is 10.1 Å². The Morgan fingerprint density at radius 2 is 2.06 bits per heavy atom. The highest BCUT2D eigenvalue weighted by molar-refractivity contribution is 5.70. The van der Waals surface area contributed by atoms with Crippen molar-refractivity contribution >= 4 is 17.1 Å². The second kappa shape index (κ2) is 4.36. The first-order valence-electron chi connectivity index (χ1n) is 5.05. The number of nitrogens with zero attached hydrogens (tertiary/aromatic N) is 2. The van der Waals surface area contributed by atoms with Gasteiger partial charge in [-0.15, -0.1) is 0 Å². The third kappa shape index (κ3) is 2.06. The number of nitrogens with two attached hydrogens (primary N) is 1. The summed E-state index contributed by atoms with van der Waals surface area (Å²) in [6, 6.07) is 4.56. The summed E-state index contributed by atoms with van der Waals surface area (Å²) in [6.45, 7) is 2.86. The number of non-ortho nitro benzene ring substituents is 1. The molecule has 1 aliphatic heterocycles. The minimum atomic E-state index is -0.445. The number of hydrogen-bond acceptors (Lipinski definition) is 5. The average Bonchev–Trinajstić information content (AvgIpc) is 2.30. The molecule has 0 amide bonds. The zero-order valence-corrected chi connectivity index (χ0v) is 8.76. The van der Waals surface area contributed by atoms with Crippen LogP contribution in [0.2, 0.25) is 0 Å². The number of hydrogen-bond donors (Lipinski definition) is 1. The molecule has 0 aromatic heterocycles. The lowest BCUT2D eigenvalue weighted by Gasteiger charge is -2.29. The summed E-state index contributed by atoms with van der Waals surface area (Å²) in [5.41, 5.74) is 7.11. The Balaban J connectivity index is 2.24. The molecule has 0 spiro atoms. The summed E-state index contributed by atoms with van der Waals surface area (Å²) in [5.74, 6) is 0. The zero-order chi connectivity index (χ0) is 11.5. The fourth-order valence-corrected chi connectivity index (χ4v) is 1.75. The van der Waals surface area contributed by atoms with E-state index in [-0.39, 0.29) is 5.69 Å². The second-order valence-electron chi connectivity index (χ2n) is 3.60.